The number of ether oxygens (including phenoxy) is 2. The van der Waals surface area contributed by atoms with Crippen LogP contribution in [0.3, 0.4) is 0 Å². The summed E-state index contributed by atoms with van der Waals surface area (Å²) in [5.74, 6) is 3.05. The number of aromatic nitrogens is 5. The van der Waals surface area contributed by atoms with Gasteiger partial charge in [0.15, 0.2) is 5.65 Å². The van der Waals surface area contributed by atoms with Crippen molar-refractivity contribution in [3.63, 3.8) is 0 Å². The molecule has 1 saturated heterocycles. The fraction of sp³-hybridized carbons (Fsp3) is 0.450. The number of nitrogens with one attached hydrogen (secondary N) is 1. The standard InChI is InChI=1S/C40H48ClN7O4/c1-40(2,3)35-25-37(48(45-35)33-24-28(51-23-22-49)15-17-32(33)41)42-38(50)13-9-10-27-14-18-34(31-12-6-5-11-30(27)31)52-29-16-19-36-43-44-39(47(36)26-29)46-20-7-4-8-21-46/h5-6,11-12,15-17,19,24-27,34,49H,4,7-10,13-14,18,20-23H2,1-3H3,(H,42,50)/t27?,34-/m1/s1. The van der Waals surface area contributed by atoms with E-state index in [-0.39, 0.29) is 30.6 Å². The van der Waals surface area contributed by atoms with Gasteiger partial charge < -0.3 is 24.8 Å². The molecule has 5 aromatic rings. The molecule has 52 heavy (non-hydrogen) atoms. The Morgan fingerprint density at radius 2 is 1.77 bits per heavy atom. The molecular formula is C40H48ClN7O4. The third-order valence-corrected chi connectivity index (χ3v) is 10.4. The van der Waals surface area contributed by atoms with E-state index < -0.39 is 0 Å². The summed E-state index contributed by atoms with van der Waals surface area (Å²) in [5, 5.41) is 26.5. The van der Waals surface area contributed by atoms with Gasteiger partial charge in [-0.3, -0.25) is 9.20 Å². The quantitative estimate of drug-likeness (QED) is 0.133. The molecule has 1 aliphatic carbocycles. The van der Waals surface area contributed by atoms with E-state index in [0.717, 1.165) is 61.8 Å². The maximum atomic E-state index is 13.4. The Balaban J connectivity index is 1.01. The number of rotatable bonds is 12. The molecule has 12 heteroatoms. The third kappa shape index (κ3) is 7.90. The molecule has 0 spiro atoms. The summed E-state index contributed by atoms with van der Waals surface area (Å²) < 4.78 is 16.0. The zero-order valence-electron chi connectivity index (χ0n) is 30.2. The summed E-state index contributed by atoms with van der Waals surface area (Å²) >= 11 is 6.62. The van der Waals surface area contributed by atoms with Gasteiger partial charge in [0.05, 0.1) is 29.2 Å². The van der Waals surface area contributed by atoms with Crippen LogP contribution in [0, 0.1) is 0 Å². The number of hydrogen-bond acceptors (Lipinski definition) is 8. The number of pyridine rings is 1. The number of carbonyl (C=O) groups excluding carboxylic acids is 1. The predicted molar refractivity (Wildman–Crippen MR) is 203 cm³/mol. The molecule has 2 N–H and O–H groups in total. The number of hydrogen-bond donors (Lipinski definition) is 2. The zero-order valence-corrected chi connectivity index (χ0v) is 31.0. The highest BCUT2D eigenvalue weighted by molar-refractivity contribution is 6.32. The fourth-order valence-corrected chi connectivity index (χ4v) is 7.50. The number of piperidine rings is 1. The minimum Gasteiger partial charge on any atom is -0.491 e. The predicted octanol–water partition coefficient (Wildman–Crippen LogP) is 8.03. The van der Waals surface area contributed by atoms with Crippen molar-refractivity contribution in [2.45, 2.75) is 89.6 Å². The lowest BCUT2D eigenvalue weighted by atomic mass is 9.79. The normalized spacial score (nSPS) is 17.6. The van der Waals surface area contributed by atoms with Crippen molar-refractivity contribution in [3.8, 4) is 17.2 Å². The smallest absolute Gasteiger partial charge is 0.231 e. The highest BCUT2D eigenvalue weighted by Gasteiger charge is 2.29. The summed E-state index contributed by atoms with van der Waals surface area (Å²) in [6.45, 7) is 8.29. The van der Waals surface area contributed by atoms with E-state index in [1.807, 2.05) is 24.4 Å². The maximum absolute atomic E-state index is 13.4. The Hall–Kier alpha value is -4.61. The summed E-state index contributed by atoms with van der Waals surface area (Å²) in [6, 6.07) is 19.7. The molecule has 4 heterocycles. The van der Waals surface area contributed by atoms with Gasteiger partial charge in [-0.25, -0.2) is 4.68 Å². The number of aliphatic hydroxyl groups excluding tert-OH is 1. The van der Waals surface area contributed by atoms with Crippen molar-refractivity contribution >= 4 is 34.9 Å². The van der Waals surface area contributed by atoms with Crippen LogP contribution in [0.2, 0.25) is 5.02 Å². The average molecular weight is 726 g/mol. The van der Waals surface area contributed by atoms with Crippen LogP contribution < -0.4 is 19.7 Å². The van der Waals surface area contributed by atoms with E-state index in [1.54, 1.807) is 22.9 Å². The third-order valence-electron chi connectivity index (χ3n) is 10.0. The van der Waals surface area contributed by atoms with Crippen molar-refractivity contribution in [1.82, 2.24) is 24.4 Å². The number of carbonyl (C=O) groups is 1. The molecule has 2 aliphatic rings. The van der Waals surface area contributed by atoms with Gasteiger partial charge in [0.2, 0.25) is 11.9 Å². The zero-order chi connectivity index (χ0) is 36.2. The SMILES string of the molecule is CC(C)(C)c1cc(NC(=O)CCCC2CC[C@@H](Oc3ccc4nnc(N5CCCCC5)n4c3)c3ccccc32)n(-c2cc(OCCO)ccc2Cl)n1. The number of fused-ring (bicyclic) bond motifs is 2. The molecule has 7 rings (SSSR count). The lowest BCUT2D eigenvalue weighted by molar-refractivity contribution is -0.116. The molecule has 0 saturated carbocycles. The lowest BCUT2D eigenvalue weighted by Crippen LogP contribution is -2.31. The minimum atomic E-state index is -0.252. The number of anilines is 2. The molecule has 2 atom stereocenters. The lowest BCUT2D eigenvalue weighted by Gasteiger charge is -2.32. The summed E-state index contributed by atoms with van der Waals surface area (Å²) in [6.07, 6.45) is 9.46. The molecule has 1 unspecified atom stereocenters. The number of amides is 1. The Morgan fingerprint density at radius 1 is 0.981 bits per heavy atom. The molecule has 2 aromatic carbocycles. The number of aliphatic hydroxyl groups is 1. The van der Waals surface area contributed by atoms with Gasteiger partial charge in [-0.2, -0.15) is 5.10 Å². The van der Waals surface area contributed by atoms with Gasteiger partial charge in [0.25, 0.3) is 0 Å². The first-order chi connectivity index (χ1) is 25.2. The van der Waals surface area contributed by atoms with Crippen LogP contribution in [0.5, 0.6) is 11.5 Å². The van der Waals surface area contributed by atoms with Crippen molar-refractivity contribution in [1.29, 1.82) is 0 Å². The van der Waals surface area contributed by atoms with Gasteiger partial charge in [-0.1, -0.05) is 56.6 Å². The molecule has 274 valence electrons. The van der Waals surface area contributed by atoms with E-state index in [2.05, 4.69) is 69.9 Å². The number of benzene rings is 2. The molecule has 0 bridgehead atoms. The van der Waals surface area contributed by atoms with E-state index in [9.17, 15) is 9.90 Å². The highest BCUT2D eigenvalue weighted by Crippen LogP contribution is 2.42. The van der Waals surface area contributed by atoms with E-state index in [4.69, 9.17) is 26.2 Å². The second kappa shape index (κ2) is 15.6. The Labute approximate surface area is 309 Å². The van der Waals surface area contributed by atoms with Crippen molar-refractivity contribution in [2.75, 3.05) is 36.5 Å². The summed E-state index contributed by atoms with van der Waals surface area (Å²) in [4.78, 5) is 15.7. The van der Waals surface area contributed by atoms with Gasteiger partial charge in [-0.05, 0) is 86.3 Å². The topological polar surface area (TPSA) is 119 Å². The molecule has 1 aliphatic heterocycles. The van der Waals surface area contributed by atoms with Gasteiger partial charge in [-0.15, -0.1) is 10.2 Å². The summed E-state index contributed by atoms with van der Waals surface area (Å²) in [5.41, 5.74) is 4.48. The highest BCUT2D eigenvalue weighted by atomic mass is 35.5. The van der Waals surface area contributed by atoms with Crippen molar-refractivity contribution in [2.24, 2.45) is 0 Å². The van der Waals surface area contributed by atoms with Crippen LogP contribution in [-0.2, 0) is 10.2 Å². The van der Waals surface area contributed by atoms with Crippen LogP contribution in [0.4, 0.5) is 11.8 Å². The molecule has 11 nitrogen and oxygen atoms in total. The van der Waals surface area contributed by atoms with Crippen LogP contribution in [0.15, 0.2) is 66.9 Å². The van der Waals surface area contributed by atoms with E-state index in [0.29, 0.717) is 34.6 Å². The van der Waals surface area contributed by atoms with Gasteiger partial charge >= 0.3 is 0 Å². The van der Waals surface area contributed by atoms with Gasteiger partial charge in [0, 0.05) is 37.1 Å². The molecule has 0 radical (unpaired) electrons. The first-order valence-electron chi connectivity index (χ1n) is 18.5. The second-order valence-electron chi connectivity index (χ2n) is 14.9. The molecule has 3 aromatic heterocycles. The summed E-state index contributed by atoms with van der Waals surface area (Å²) in [7, 11) is 0. The molecule has 1 amide bonds. The Morgan fingerprint density at radius 3 is 2.56 bits per heavy atom. The van der Waals surface area contributed by atoms with Crippen LogP contribution in [0.1, 0.15) is 101 Å². The molecular weight excluding hydrogens is 678 g/mol. The Kier molecular flexibility index (Phi) is 10.7. The first kappa shape index (κ1) is 35.8. The Bertz CT molecular complexity index is 2010. The van der Waals surface area contributed by atoms with E-state index >= 15 is 0 Å². The van der Waals surface area contributed by atoms with Crippen molar-refractivity contribution in [3.05, 3.63) is 88.7 Å². The fourth-order valence-electron chi connectivity index (χ4n) is 7.31. The number of halogens is 1. The largest absolute Gasteiger partial charge is 0.491 e. The van der Waals surface area contributed by atoms with Crippen LogP contribution in [-0.4, -0.2) is 61.7 Å². The number of nitrogens with zero attached hydrogens (tertiary/aromatic N) is 6. The maximum Gasteiger partial charge on any atom is 0.231 e. The average Bonchev–Trinajstić information content (AvgIpc) is 3.77. The molecule has 1 fully saturated rings. The monoisotopic (exact) mass is 725 g/mol. The van der Waals surface area contributed by atoms with Crippen molar-refractivity contribution < 1.29 is 19.4 Å². The first-order valence-corrected chi connectivity index (χ1v) is 18.8. The van der Waals surface area contributed by atoms with Crippen LogP contribution in [0.25, 0.3) is 11.3 Å². The second-order valence-corrected chi connectivity index (χ2v) is 15.3. The van der Waals surface area contributed by atoms with E-state index in [1.165, 1.54) is 30.4 Å². The van der Waals surface area contributed by atoms with Gasteiger partial charge in [0.1, 0.15) is 30.0 Å². The minimum absolute atomic E-state index is 0.0558. The van der Waals surface area contributed by atoms with Crippen LogP contribution >= 0.6 is 11.6 Å².